The van der Waals surface area contributed by atoms with Gasteiger partial charge in [-0.1, -0.05) is 36.4 Å². The third-order valence-electron chi connectivity index (χ3n) is 2.38. The molecule has 0 amide bonds. The normalized spacial score (nSPS) is 12.4. The van der Waals surface area contributed by atoms with Crippen molar-refractivity contribution in [3.8, 4) is 0 Å². The fourth-order valence-corrected chi connectivity index (χ4v) is 1.60. The van der Waals surface area contributed by atoms with Crippen molar-refractivity contribution >= 4 is 22.7 Å². The van der Waals surface area contributed by atoms with Crippen LogP contribution in [0.5, 0.6) is 0 Å². The Balaban J connectivity index is 2.54. The molecule has 0 fully saturated rings. The molecule has 4 heteroatoms. The van der Waals surface area contributed by atoms with Crippen LogP contribution in [0.2, 0.25) is 0 Å². The number of hydrogen-bond acceptors (Lipinski definition) is 4. The zero-order chi connectivity index (χ0) is 11.4. The van der Waals surface area contributed by atoms with Crippen molar-refractivity contribution in [3.05, 3.63) is 48.0 Å². The first kappa shape index (κ1) is 10.2. The number of hydrazone groups is 2. The van der Waals surface area contributed by atoms with Gasteiger partial charge in [-0.2, -0.15) is 10.2 Å². The number of benzene rings is 2. The average molecular weight is 212 g/mol. The van der Waals surface area contributed by atoms with Gasteiger partial charge < -0.3 is 11.7 Å². The maximum absolute atomic E-state index is 5.28. The number of fused-ring (bicyclic) bond motifs is 1. The van der Waals surface area contributed by atoms with Crippen LogP contribution in [0.1, 0.15) is 5.56 Å². The molecule has 0 aromatic heterocycles. The van der Waals surface area contributed by atoms with Crippen molar-refractivity contribution in [2.45, 2.75) is 0 Å². The Kier molecular flexibility index (Phi) is 2.82. The molecule has 2 aromatic rings. The molecule has 0 saturated heterocycles. The molecule has 16 heavy (non-hydrogen) atoms. The van der Waals surface area contributed by atoms with Crippen LogP contribution in [0, 0.1) is 0 Å². The zero-order valence-corrected chi connectivity index (χ0v) is 8.67. The lowest BCUT2D eigenvalue weighted by atomic mass is 10.0. The molecular formula is C12H12N4. The van der Waals surface area contributed by atoms with Crippen LogP contribution >= 0.6 is 0 Å². The molecule has 0 aliphatic rings. The first-order valence-electron chi connectivity index (χ1n) is 4.85. The highest BCUT2D eigenvalue weighted by Crippen LogP contribution is 2.15. The van der Waals surface area contributed by atoms with E-state index in [1.54, 1.807) is 0 Å². The van der Waals surface area contributed by atoms with Crippen LogP contribution in [0.4, 0.5) is 0 Å². The smallest absolute Gasteiger partial charge is 0.110 e. The number of nitrogens with two attached hydrogens (primary N) is 2. The predicted octanol–water partition coefficient (Wildman–Crippen LogP) is 1.45. The molecule has 2 rings (SSSR count). The lowest BCUT2D eigenvalue weighted by Crippen LogP contribution is -2.07. The van der Waals surface area contributed by atoms with Crippen LogP contribution in [0.15, 0.2) is 52.7 Å². The van der Waals surface area contributed by atoms with Gasteiger partial charge in [0.1, 0.15) is 5.71 Å². The van der Waals surface area contributed by atoms with Gasteiger partial charge in [0.05, 0.1) is 6.21 Å². The Morgan fingerprint density at radius 3 is 2.44 bits per heavy atom. The van der Waals surface area contributed by atoms with E-state index in [4.69, 9.17) is 11.7 Å². The van der Waals surface area contributed by atoms with Gasteiger partial charge in [0.2, 0.25) is 0 Å². The monoisotopic (exact) mass is 212 g/mol. The minimum Gasteiger partial charge on any atom is -0.323 e. The van der Waals surface area contributed by atoms with Crippen molar-refractivity contribution in [3.63, 3.8) is 0 Å². The van der Waals surface area contributed by atoms with Gasteiger partial charge >= 0.3 is 0 Å². The lowest BCUT2D eigenvalue weighted by molar-refractivity contribution is 1.24. The SMILES string of the molecule is N/N=C\C(=N/N)c1ccc2ccccc2c1. The maximum Gasteiger partial charge on any atom is 0.110 e. The molecule has 4 N–H and O–H groups in total. The number of nitrogens with zero attached hydrogens (tertiary/aromatic N) is 2. The summed E-state index contributed by atoms with van der Waals surface area (Å²) in [7, 11) is 0. The van der Waals surface area contributed by atoms with E-state index in [1.165, 1.54) is 11.6 Å². The summed E-state index contributed by atoms with van der Waals surface area (Å²) < 4.78 is 0. The summed E-state index contributed by atoms with van der Waals surface area (Å²) in [5, 5.41) is 9.37. The molecule has 0 atom stereocenters. The van der Waals surface area contributed by atoms with Crippen LogP contribution in [0.25, 0.3) is 10.8 Å². The Bertz CT molecular complexity index is 558. The van der Waals surface area contributed by atoms with E-state index < -0.39 is 0 Å². The van der Waals surface area contributed by atoms with Crippen LogP contribution in [-0.2, 0) is 0 Å². The van der Waals surface area contributed by atoms with Crippen molar-refractivity contribution in [1.29, 1.82) is 0 Å². The Morgan fingerprint density at radius 2 is 1.75 bits per heavy atom. The van der Waals surface area contributed by atoms with Crippen LogP contribution < -0.4 is 11.7 Å². The molecule has 0 spiro atoms. The molecule has 0 aliphatic carbocycles. The van der Waals surface area contributed by atoms with E-state index in [1.807, 2.05) is 36.4 Å². The average Bonchev–Trinajstić information content (AvgIpc) is 2.35. The molecule has 4 nitrogen and oxygen atoms in total. The third kappa shape index (κ3) is 1.86. The van der Waals surface area contributed by atoms with E-state index >= 15 is 0 Å². The molecule has 0 radical (unpaired) electrons. The summed E-state index contributed by atoms with van der Waals surface area (Å²) in [5.41, 5.74) is 1.46. The molecule has 0 unspecified atom stereocenters. The Morgan fingerprint density at radius 1 is 1.00 bits per heavy atom. The summed E-state index contributed by atoms with van der Waals surface area (Å²) >= 11 is 0. The molecular weight excluding hydrogens is 200 g/mol. The second-order valence-electron chi connectivity index (χ2n) is 3.35. The first-order chi connectivity index (χ1) is 7.85. The molecule has 80 valence electrons. The fourth-order valence-electron chi connectivity index (χ4n) is 1.60. The largest absolute Gasteiger partial charge is 0.323 e. The molecule has 0 heterocycles. The van der Waals surface area contributed by atoms with Gasteiger partial charge in [-0.25, -0.2) is 0 Å². The highest BCUT2D eigenvalue weighted by molar-refractivity contribution is 6.38. The molecule has 0 bridgehead atoms. The predicted molar refractivity (Wildman–Crippen MR) is 67.4 cm³/mol. The van der Waals surface area contributed by atoms with Crippen molar-refractivity contribution < 1.29 is 0 Å². The van der Waals surface area contributed by atoms with Gasteiger partial charge in [0.25, 0.3) is 0 Å². The summed E-state index contributed by atoms with van der Waals surface area (Å²) in [6.07, 6.45) is 1.43. The minimum absolute atomic E-state index is 0.563. The highest BCUT2D eigenvalue weighted by Gasteiger charge is 2.01. The van der Waals surface area contributed by atoms with Gasteiger partial charge in [0.15, 0.2) is 0 Å². The zero-order valence-electron chi connectivity index (χ0n) is 8.67. The van der Waals surface area contributed by atoms with Crippen molar-refractivity contribution in [2.24, 2.45) is 21.9 Å². The quantitative estimate of drug-likeness (QED) is 0.449. The molecule has 2 aromatic carbocycles. The Hall–Kier alpha value is -2.36. The minimum atomic E-state index is 0.563. The molecule has 0 aliphatic heterocycles. The number of rotatable bonds is 2. The fraction of sp³-hybridized carbons (Fsp3) is 0. The maximum atomic E-state index is 5.28. The van der Waals surface area contributed by atoms with E-state index in [9.17, 15) is 0 Å². The van der Waals surface area contributed by atoms with Crippen LogP contribution in [0.3, 0.4) is 0 Å². The third-order valence-corrected chi connectivity index (χ3v) is 2.38. The lowest BCUT2D eigenvalue weighted by Gasteiger charge is -2.02. The van der Waals surface area contributed by atoms with E-state index in [0.29, 0.717) is 5.71 Å². The highest BCUT2D eigenvalue weighted by atomic mass is 15.1. The number of hydrogen-bond donors (Lipinski definition) is 2. The second kappa shape index (κ2) is 4.44. The summed E-state index contributed by atoms with van der Waals surface area (Å²) in [4.78, 5) is 0. The Labute approximate surface area is 93.3 Å². The summed E-state index contributed by atoms with van der Waals surface area (Å²) in [6.45, 7) is 0. The van der Waals surface area contributed by atoms with Crippen LogP contribution in [-0.4, -0.2) is 11.9 Å². The van der Waals surface area contributed by atoms with E-state index in [2.05, 4.69) is 16.3 Å². The standard InChI is InChI=1S/C12H12N4/c13-15-8-12(16-14)11-6-5-9-3-1-2-4-10(9)7-11/h1-8H,13-14H2/b15-8-,16-12+. The molecule has 0 saturated carbocycles. The van der Waals surface area contributed by atoms with Crippen molar-refractivity contribution in [2.75, 3.05) is 0 Å². The van der Waals surface area contributed by atoms with Crippen molar-refractivity contribution in [1.82, 2.24) is 0 Å². The first-order valence-corrected chi connectivity index (χ1v) is 4.85. The topological polar surface area (TPSA) is 76.8 Å². The van der Waals surface area contributed by atoms with Gasteiger partial charge in [0, 0.05) is 5.56 Å². The van der Waals surface area contributed by atoms with E-state index in [0.717, 1.165) is 10.9 Å². The van der Waals surface area contributed by atoms with E-state index in [-0.39, 0.29) is 0 Å². The summed E-state index contributed by atoms with van der Waals surface area (Å²) in [6, 6.07) is 14.0. The van der Waals surface area contributed by atoms with Gasteiger partial charge in [-0.15, -0.1) is 0 Å². The second-order valence-corrected chi connectivity index (χ2v) is 3.35. The summed E-state index contributed by atoms with van der Waals surface area (Å²) in [5.74, 6) is 10.4. The van der Waals surface area contributed by atoms with Gasteiger partial charge in [-0.3, -0.25) is 0 Å². The van der Waals surface area contributed by atoms with Gasteiger partial charge in [-0.05, 0) is 16.8 Å².